The fourth-order valence-corrected chi connectivity index (χ4v) is 9.95. The number of hydrogen-bond donors (Lipinski definition) is 3. The summed E-state index contributed by atoms with van der Waals surface area (Å²) in [7, 11) is -3.90. The number of benzene rings is 1. The van der Waals surface area contributed by atoms with Crippen LogP contribution in [-0.4, -0.2) is 90.3 Å². The van der Waals surface area contributed by atoms with Crippen molar-refractivity contribution in [1.29, 1.82) is 0 Å². The SMILES string of the molecule is CCC1C(C)C1(NC(=O)C1CC2CN1C(=O)C(C(C)(C)C)NC(=O)OCC(C)(C)CCCCc1cccc3c1CN(C3)C(=O)O2)C(=O)NS(=O)(=O)C1CC1. The highest BCUT2D eigenvalue weighted by molar-refractivity contribution is 7.91. The summed E-state index contributed by atoms with van der Waals surface area (Å²) in [6.07, 6.45) is 2.66. The molecule has 6 atom stereocenters. The number of aryl methyl sites for hydroxylation is 1. The molecule has 3 N–H and O–H groups in total. The quantitative estimate of drug-likeness (QED) is 0.383. The summed E-state index contributed by atoms with van der Waals surface area (Å²) in [6.45, 7) is 13.9. The molecule has 3 heterocycles. The molecule has 2 saturated carbocycles. The van der Waals surface area contributed by atoms with Gasteiger partial charge in [0.15, 0.2) is 0 Å². The van der Waals surface area contributed by atoms with Gasteiger partial charge < -0.3 is 25.0 Å². The lowest BCUT2D eigenvalue weighted by molar-refractivity contribution is -0.143. The normalized spacial score (nSPS) is 30.5. The number of sulfonamides is 1. The zero-order chi connectivity index (χ0) is 39.4. The van der Waals surface area contributed by atoms with E-state index in [0.29, 0.717) is 32.4 Å². The average Bonchev–Trinajstić information content (AvgIpc) is 3.93. The Labute approximate surface area is 318 Å². The molecule has 5 amide bonds. The first kappa shape index (κ1) is 39.8. The van der Waals surface area contributed by atoms with Gasteiger partial charge in [0.25, 0.3) is 5.91 Å². The highest BCUT2D eigenvalue weighted by Crippen LogP contribution is 2.53. The zero-order valence-corrected chi connectivity index (χ0v) is 33.5. The lowest BCUT2D eigenvalue weighted by Gasteiger charge is -2.35. The Morgan fingerprint density at radius 1 is 1.06 bits per heavy atom. The van der Waals surface area contributed by atoms with Gasteiger partial charge in [0.2, 0.25) is 21.8 Å². The maximum atomic E-state index is 14.6. The Morgan fingerprint density at radius 2 is 1.76 bits per heavy atom. The summed E-state index contributed by atoms with van der Waals surface area (Å²) in [5, 5.41) is 5.00. The molecule has 3 aliphatic heterocycles. The maximum Gasteiger partial charge on any atom is 0.410 e. The number of carbonyl (C=O) groups is 5. The topological polar surface area (TPSA) is 181 Å². The van der Waals surface area contributed by atoms with E-state index >= 15 is 0 Å². The number of hydrogen-bond acceptors (Lipinski definition) is 9. The van der Waals surface area contributed by atoms with E-state index in [4.69, 9.17) is 9.47 Å². The lowest BCUT2D eigenvalue weighted by atomic mass is 9.85. The zero-order valence-electron chi connectivity index (χ0n) is 32.7. The van der Waals surface area contributed by atoms with Crippen molar-refractivity contribution in [2.75, 3.05) is 13.2 Å². The number of fused-ring (bicyclic) bond motifs is 3. The second-order valence-electron chi connectivity index (χ2n) is 17.9. The standard InChI is InChI=1S/C39H57N5O9S/c1-8-29-23(2)39(29,34(47)42-54(50,51)27-15-16-27)41-32(45)30-18-26-20-44(30)33(46)31(37(3,4)5)40-35(48)52-22-38(6,7)17-10-9-12-24-13-11-14-25-19-43(21-28(24)25)36(49)53-26/h11,13-14,23,26-27,29-31H,8-10,12,15-22H2,1-7H3,(H,40,48)(H,41,45)(H,42,47). The molecule has 298 valence electrons. The molecule has 1 aromatic rings. The van der Waals surface area contributed by atoms with Gasteiger partial charge >= 0.3 is 12.2 Å². The Hall–Kier alpha value is -3.88. The molecule has 0 radical (unpaired) electrons. The first-order valence-corrected chi connectivity index (χ1v) is 21.0. The fourth-order valence-electron chi connectivity index (χ4n) is 8.60. The van der Waals surface area contributed by atoms with E-state index in [9.17, 15) is 32.4 Å². The van der Waals surface area contributed by atoms with Crippen LogP contribution in [0.5, 0.6) is 0 Å². The number of carbonyl (C=O) groups excluding carboxylic acids is 5. The monoisotopic (exact) mass is 771 g/mol. The predicted octanol–water partition coefficient (Wildman–Crippen LogP) is 4.14. The third-order valence-corrected chi connectivity index (χ3v) is 13.9. The largest absolute Gasteiger partial charge is 0.449 e. The highest BCUT2D eigenvalue weighted by Gasteiger charge is 2.68. The van der Waals surface area contributed by atoms with Crippen molar-refractivity contribution in [2.45, 2.75) is 142 Å². The van der Waals surface area contributed by atoms with E-state index in [1.165, 1.54) is 10.5 Å². The number of nitrogens with one attached hydrogen (secondary N) is 3. The van der Waals surface area contributed by atoms with Crippen LogP contribution >= 0.6 is 0 Å². The first-order valence-electron chi connectivity index (χ1n) is 19.4. The Kier molecular flexibility index (Phi) is 10.8. The molecule has 1 aromatic carbocycles. The number of nitrogens with zero attached hydrogens (tertiary/aromatic N) is 2. The third kappa shape index (κ3) is 8.06. The lowest BCUT2D eigenvalue weighted by Crippen LogP contribution is -2.60. The number of cyclic esters (lactones) is 1. The minimum Gasteiger partial charge on any atom is -0.449 e. The van der Waals surface area contributed by atoms with Gasteiger partial charge in [-0.2, -0.15) is 0 Å². The number of amides is 5. The molecule has 1 saturated heterocycles. The van der Waals surface area contributed by atoms with Gasteiger partial charge in [0, 0.05) is 19.5 Å². The Balaban J connectivity index is 1.29. The first-order chi connectivity index (χ1) is 25.3. The summed E-state index contributed by atoms with van der Waals surface area (Å²) in [5.74, 6) is -2.75. The van der Waals surface area contributed by atoms with Crippen LogP contribution in [0, 0.1) is 22.7 Å². The molecule has 3 fully saturated rings. The van der Waals surface area contributed by atoms with Crippen molar-refractivity contribution in [3.05, 3.63) is 34.9 Å². The molecule has 0 spiro atoms. The van der Waals surface area contributed by atoms with Gasteiger partial charge in [-0.3, -0.25) is 24.0 Å². The molecule has 2 aliphatic carbocycles. The molecule has 4 bridgehead atoms. The number of ether oxygens (including phenoxy) is 2. The van der Waals surface area contributed by atoms with Gasteiger partial charge in [-0.15, -0.1) is 0 Å². The van der Waals surface area contributed by atoms with E-state index in [0.717, 1.165) is 36.8 Å². The van der Waals surface area contributed by atoms with Crippen LogP contribution in [0.15, 0.2) is 18.2 Å². The van der Waals surface area contributed by atoms with Crippen LogP contribution in [0.25, 0.3) is 0 Å². The second-order valence-corrected chi connectivity index (χ2v) is 19.8. The third-order valence-electron chi connectivity index (χ3n) is 12.1. The van der Waals surface area contributed by atoms with Gasteiger partial charge in [-0.1, -0.05) is 79.5 Å². The molecule has 15 heteroatoms. The minimum absolute atomic E-state index is 0.0614. The van der Waals surface area contributed by atoms with Crippen molar-refractivity contribution in [3.63, 3.8) is 0 Å². The van der Waals surface area contributed by atoms with E-state index in [1.54, 1.807) is 32.6 Å². The van der Waals surface area contributed by atoms with Crippen LogP contribution in [0.1, 0.15) is 110 Å². The number of alkyl carbamates (subject to hydrolysis) is 1. The van der Waals surface area contributed by atoms with Crippen molar-refractivity contribution >= 4 is 39.9 Å². The van der Waals surface area contributed by atoms with Crippen LogP contribution in [0.3, 0.4) is 0 Å². The summed E-state index contributed by atoms with van der Waals surface area (Å²) < 4.78 is 39.5. The van der Waals surface area contributed by atoms with Crippen LogP contribution in [0.4, 0.5) is 9.59 Å². The smallest absolute Gasteiger partial charge is 0.410 e. The summed E-state index contributed by atoms with van der Waals surface area (Å²) in [4.78, 5) is 72.6. The van der Waals surface area contributed by atoms with Gasteiger partial charge in [0.1, 0.15) is 23.7 Å². The minimum atomic E-state index is -3.90. The van der Waals surface area contributed by atoms with Crippen LogP contribution in [-0.2, 0) is 53.4 Å². The predicted molar refractivity (Wildman–Crippen MR) is 199 cm³/mol. The average molecular weight is 772 g/mol. The fraction of sp³-hybridized carbons (Fsp3) is 0.718. The maximum absolute atomic E-state index is 14.6. The van der Waals surface area contributed by atoms with Crippen LogP contribution < -0.4 is 15.4 Å². The number of rotatable bonds is 6. The van der Waals surface area contributed by atoms with Crippen molar-refractivity contribution in [3.8, 4) is 0 Å². The Bertz CT molecular complexity index is 1790. The molecular formula is C39H57N5O9S. The van der Waals surface area contributed by atoms with Crippen LogP contribution in [0.2, 0.25) is 0 Å². The van der Waals surface area contributed by atoms with Gasteiger partial charge in [-0.25, -0.2) is 18.0 Å². The van der Waals surface area contributed by atoms with Gasteiger partial charge in [-0.05, 0) is 71.5 Å². The van der Waals surface area contributed by atoms with E-state index in [1.807, 2.05) is 32.9 Å². The molecule has 5 aliphatic rings. The molecule has 14 nitrogen and oxygen atoms in total. The summed E-state index contributed by atoms with van der Waals surface area (Å²) >= 11 is 0. The van der Waals surface area contributed by atoms with Crippen molar-refractivity contribution in [1.82, 2.24) is 25.2 Å². The molecule has 6 unspecified atom stereocenters. The van der Waals surface area contributed by atoms with E-state index < -0.39 is 74.3 Å². The molecule has 54 heavy (non-hydrogen) atoms. The Morgan fingerprint density at radius 3 is 2.41 bits per heavy atom. The summed E-state index contributed by atoms with van der Waals surface area (Å²) in [5.41, 5.74) is 0.689. The molecule has 0 aromatic heterocycles. The van der Waals surface area contributed by atoms with E-state index in [2.05, 4.69) is 21.4 Å². The molecular weight excluding hydrogens is 715 g/mol. The van der Waals surface area contributed by atoms with E-state index in [-0.39, 0.29) is 36.8 Å². The van der Waals surface area contributed by atoms with Crippen molar-refractivity contribution < 1.29 is 41.9 Å². The highest BCUT2D eigenvalue weighted by atomic mass is 32.2. The van der Waals surface area contributed by atoms with Crippen molar-refractivity contribution in [2.24, 2.45) is 22.7 Å². The summed E-state index contributed by atoms with van der Waals surface area (Å²) in [6, 6.07) is 3.79. The van der Waals surface area contributed by atoms with Gasteiger partial charge in [0.05, 0.1) is 18.4 Å². The molecule has 6 rings (SSSR count). The second kappa shape index (κ2) is 14.6.